The number of halogens is 4. The standard InChI is InChI=1S/C11H4F4N2O3S/c12-8-3-6-1-2-7(5-16)17-9(6)4-10(8)20-21(18,19)11(13,14)15/h1-4H. The van der Waals surface area contributed by atoms with E-state index in [-0.39, 0.29) is 16.6 Å². The van der Waals surface area contributed by atoms with Crippen molar-refractivity contribution in [3.05, 3.63) is 35.8 Å². The number of fused-ring (bicyclic) bond motifs is 1. The lowest BCUT2D eigenvalue weighted by molar-refractivity contribution is -0.0500. The van der Waals surface area contributed by atoms with Crippen molar-refractivity contribution in [2.75, 3.05) is 0 Å². The van der Waals surface area contributed by atoms with E-state index in [0.717, 1.165) is 6.07 Å². The minimum atomic E-state index is -5.99. The van der Waals surface area contributed by atoms with E-state index in [1.165, 1.54) is 12.1 Å². The van der Waals surface area contributed by atoms with Crippen LogP contribution in [0.5, 0.6) is 5.75 Å². The Labute approximate surface area is 115 Å². The van der Waals surface area contributed by atoms with Crippen LogP contribution >= 0.6 is 0 Å². The van der Waals surface area contributed by atoms with Crippen molar-refractivity contribution in [2.45, 2.75) is 5.51 Å². The topological polar surface area (TPSA) is 80.0 Å². The third kappa shape index (κ3) is 2.87. The molecule has 2 aromatic rings. The van der Waals surface area contributed by atoms with Crippen LogP contribution in [-0.4, -0.2) is 18.9 Å². The zero-order chi connectivity index (χ0) is 15.8. The van der Waals surface area contributed by atoms with Crippen molar-refractivity contribution < 1.29 is 30.2 Å². The molecule has 0 amide bonds. The van der Waals surface area contributed by atoms with E-state index in [1.54, 1.807) is 6.07 Å². The fraction of sp³-hybridized carbons (Fsp3) is 0.0909. The normalized spacial score (nSPS) is 12.1. The van der Waals surface area contributed by atoms with E-state index in [1.807, 2.05) is 0 Å². The summed E-state index contributed by atoms with van der Waals surface area (Å²) in [6.07, 6.45) is 0. The molecule has 0 radical (unpaired) electrons. The predicted molar refractivity (Wildman–Crippen MR) is 62.0 cm³/mol. The molecule has 0 unspecified atom stereocenters. The molecule has 5 nitrogen and oxygen atoms in total. The molecule has 1 aromatic carbocycles. The lowest BCUT2D eigenvalue weighted by Gasteiger charge is -2.10. The molecule has 0 atom stereocenters. The van der Waals surface area contributed by atoms with Gasteiger partial charge in [-0.25, -0.2) is 9.37 Å². The third-order valence-electron chi connectivity index (χ3n) is 2.34. The number of nitriles is 1. The Morgan fingerprint density at radius 1 is 1.24 bits per heavy atom. The van der Waals surface area contributed by atoms with Crippen LogP contribution in [-0.2, 0) is 10.1 Å². The summed E-state index contributed by atoms with van der Waals surface area (Å²) in [6.45, 7) is 0. The highest BCUT2D eigenvalue weighted by molar-refractivity contribution is 7.88. The fourth-order valence-electron chi connectivity index (χ4n) is 1.42. The van der Waals surface area contributed by atoms with Gasteiger partial charge in [-0.05, 0) is 18.2 Å². The first-order valence-electron chi connectivity index (χ1n) is 5.15. The highest BCUT2D eigenvalue weighted by Gasteiger charge is 2.48. The average molecular weight is 320 g/mol. The van der Waals surface area contributed by atoms with Crippen LogP contribution in [0.3, 0.4) is 0 Å². The Morgan fingerprint density at radius 2 is 1.90 bits per heavy atom. The van der Waals surface area contributed by atoms with Gasteiger partial charge in [0.25, 0.3) is 0 Å². The number of rotatable bonds is 2. The van der Waals surface area contributed by atoms with Gasteiger partial charge in [0.1, 0.15) is 11.8 Å². The SMILES string of the molecule is N#Cc1ccc2cc(F)c(OS(=O)(=O)C(F)(F)F)cc2n1. The maximum absolute atomic E-state index is 13.6. The first-order valence-corrected chi connectivity index (χ1v) is 6.56. The maximum atomic E-state index is 13.6. The molecule has 0 aliphatic carbocycles. The average Bonchev–Trinajstić information content (AvgIpc) is 2.37. The van der Waals surface area contributed by atoms with E-state index in [9.17, 15) is 26.0 Å². The van der Waals surface area contributed by atoms with E-state index in [0.29, 0.717) is 6.07 Å². The Balaban J connectivity index is 2.55. The molecule has 1 heterocycles. The number of aromatic nitrogens is 1. The summed E-state index contributed by atoms with van der Waals surface area (Å²) in [5.74, 6) is -2.45. The largest absolute Gasteiger partial charge is 0.534 e. The fourth-order valence-corrected chi connectivity index (χ4v) is 1.87. The van der Waals surface area contributed by atoms with Crippen LogP contribution in [0.4, 0.5) is 17.6 Å². The second-order valence-corrected chi connectivity index (χ2v) is 5.30. The van der Waals surface area contributed by atoms with Crippen LogP contribution < -0.4 is 4.18 Å². The van der Waals surface area contributed by atoms with Gasteiger partial charge < -0.3 is 4.18 Å². The molecular weight excluding hydrogens is 316 g/mol. The number of hydrogen-bond donors (Lipinski definition) is 0. The van der Waals surface area contributed by atoms with Crippen LogP contribution in [0.1, 0.15) is 5.69 Å². The van der Waals surface area contributed by atoms with Gasteiger partial charge in [-0.15, -0.1) is 0 Å². The van der Waals surface area contributed by atoms with Crippen molar-refractivity contribution in [1.82, 2.24) is 4.98 Å². The molecule has 10 heteroatoms. The van der Waals surface area contributed by atoms with Gasteiger partial charge in [0.2, 0.25) is 0 Å². The quantitative estimate of drug-likeness (QED) is 0.482. The van der Waals surface area contributed by atoms with E-state index in [4.69, 9.17) is 5.26 Å². The van der Waals surface area contributed by atoms with Gasteiger partial charge in [-0.1, -0.05) is 0 Å². The first-order chi connectivity index (χ1) is 9.64. The van der Waals surface area contributed by atoms with Crippen LogP contribution in [0.2, 0.25) is 0 Å². The zero-order valence-corrected chi connectivity index (χ0v) is 10.7. The molecule has 0 aliphatic heterocycles. The minimum Gasteiger partial charge on any atom is -0.373 e. The second-order valence-electron chi connectivity index (χ2n) is 3.77. The molecule has 2 rings (SSSR count). The molecule has 0 bridgehead atoms. The summed E-state index contributed by atoms with van der Waals surface area (Å²) >= 11 is 0. The molecule has 21 heavy (non-hydrogen) atoms. The van der Waals surface area contributed by atoms with Crippen molar-refractivity contribution >= 4 is 21.0 Å². The Kier molecular flexibility index (Phi) is 3.46. The van der Waals surface area contributed by atoms with Crippen LogP contribution in [0.15, 0.2) is 24.3 Å². The number of alkyl halides is 3. The lowest BCUT2D eigenvalue weighted by atomic mass is 10.2. The molecule has 0 saturated heterocycles. The van der Waals surface area contributed by atoms with Gasteiger partial charge in [0.05, 0.1) is 5.52 Å². The summed E-state index contributed by atoms with van der Waals surface area (Å²) in [5, 5.41) is 8.82. The smallest absolute Gasteiger partial charge is 0.373 e. The molecule has 1 aromatic heterocycles. The van der Waals surface area contributed by atoms with Crippen molar-refractivity contribution in [3.63, 3.8) is 0 Å². The molecule has 110 valence electrons. The van der Waals surface area contributed by atoms with Crippen LogP contribution in [0, 0.1) is 17.1 Å². The number of nitrogens with zero attached hydrogens (tertiary/aromatic N) is 2. The first kappa shape index (κ1) is 15.0. The highest BCUT2D eigenvalue weighted by atomic mass is 32.2. The molecule has 0 aliphatic rings. The summed E-state index contributed by atoms with van der Waals surface area (Å²) < 4.78 is 75.6. The molecular formula is C11H4F4N2O3S. The molecule has 0 saturated carbocycles. The van der Waals surface area contributed by atoms with Gasteiger partial charge in [0.15, 0.2) is 11.6 Å². The Bertz CT molecular complexity index is 856. The van der Waals surface area contributed by atoms with E-state index in [2.05, 4.69) is 9.17 Å². The molecule has 0 fully saturated rings. The van der Waals surface area contributed by atoms with Crippen LogP contribution in [0.25, 0.3) is 10.9 Å². The summed E-state index contributed by atoms with van der Waals surface area (Å²) in [4.78, 5) is 3.70. The summed E-state index contributed by atoms with van der Waals surface area (Å²) in [7, 11) is -5.99. The van der Waals surface area contributed by atoms with Gasteiger partial charge in [-0.3, -0.25) is 0 Å². The molecule has 0 spiro atoms. The predicted octanol–water partition coefficient (Wildman–Crippen LogP) is 2.47. The highest BCUT2D eigenvalue weighted by Crippen LogP contribution is 2.30. The molecule has 0 N–H and O–H groups in total. The van der Waals surface area contributed by atoms with Crippen molar-refractivity contribution in [2.24, 2.45) is 0 Å². The minimum absolute atomic E-state index is 0.0706. The second kappa shape index (κ2) is 4.85. The summed E-state index contributed by atoms with van der Waals surface area (Å²) in [6, 6.07) is 5.70. The number of pyridine rings is 1. The van der Waals surface area contributed by atoms with Gasteiger partial charge >= 0.3 is 15.6 Å². The van der Waals surface area contributed by atoms with Gasteiger partial charge in [0, 0.05) is 11.5 Å². The Hall–Kier alpha value is -2.41. The van der Waals surface area contributed by atoms with E-state index < -0.39 is 27.2 Å². The van der Waals surface area contributed by atoms with E-state index >= 15 is 0 Å². The monoisotopic (exact) mass is 320 g/mol. The lowest BCUT2D eigenvalue weighted by Crippen LogP contribution is -2.28. The Morgan fingerprint density at radius 3 is 2.48 bits per heavy atom. The number of benzene rings is 1. The zero-order valence-electron chi connectivity index (χ0n) is 9.85. The summed E-state index contributed by atoms with van der Waals surface area (Å²) in [5.41, 5.74) is -5.84. The van der Waals surface area contributed by atoms with Crippen molar-refractivity contribution in [3.8, 4) is 11.8 Å². The third-order valence-corrected chi connectivity index (χ3v) is 3.31. The van der Waals surface area contributed by atoms with Crippen molar-refractivity contribution in [1.29, 1.82) is 5.26 Å². The van der Waals surface area contributed by atoms with Gasteiger partial charge in [-0.2, -0.15) is 26.9 Å². The maximum Gasteiger partial charge on any atom is 0.534 e. The number of hydrogen-bond acceptors (Lipinski definition) is 5.